The van der Waals surface area contributed by atoms with Crippen LogP contribution in [0.5, 0.6) is 0 Å². The van der Waals surface area contributed by atoms with Crippen LogP contribution in [-0.4, -0.2) is 32.2 Å². The summed E-state index contributed by atoms with van der Waals surface area (Å²) in [5.41, 5.74) is 6.60. The molecule has 0 bridgehead atoms. The van der Waals surface area contributed by atoms with Crippen LogP contribution in [0.3, 0.4) is 0 Å². The molecule has 0 fully saturated rings. The SMILES string of the molecule is CCOC(=O)c1cnn2cc(Br)c(NNCc3cc(Cl)c[nH]c3=O)nc12. The Balaban J connectivity index is 1.80. The molecule has 0 saturated carbocycles. The Labute approximate surface area is 160 Å². The Hall–Kier alpha value is -2.43. The van der Waals surface area contributed by atoms with Crippen molar-refractivity contribution in [1.29, 1.82) is 0 Å². The van der Waals surface area contributed by atoms with E-state index in [1.54, 1.807) is 19.2 Å². The van der Waals surface area contributed by atoms with Gasteiger partial charge < -0.3 is 15.1 Å². The van der Waals surface area contributed by atoms with E-state index in [1.807, 2.05) is 0 Å². The van der Waals surface area contributed by atoms with Crippen molar-refractivity contribution in [2.24, 2.45) is 0 Å². The highest BCUT2D eigenvalue weighted by molar-refractivity contribution is 9.10. The zero-order valence-corrected chi connectivity index (χ0v) is 15.9. The van der Waals surface area contributed by atoms with E-state index in [0.717, 1.165) is 0 Å². The number of aromatic nitrogens is 4. The molecule has 0 unspecified atom stereocenters. The van der Waals surface area contributed by atoms with E-state index in [1.165, 1.54) is 16.9 Å². The third-order valence-corrected chi connectivity index (χ3v) is 4.17. The van der Waals surface area contributed by atoms with Gasteiger partial charge >= 0.3 is 5.97 Å². The molecule has 0 aliphatic carbocycles. The van der Waals surface area contributed by atoms with Crippen molar-refractivity contribution >= 4 is 45.0 Å². The number of pyridine rings is 1. The van der Waals surface area contributed by atoms with E-state index < -0.39 is 5.97 Å². The van der Waals surface area contributed by atoms with Crippen molar-refractivity contribution in [3.05, 3.63) is 55.6 Å². The van der Waals surface area contributed by atoms with Crippen LogP contribution in [0, 0.1) is 0 Å². The van der Waals surface area contributed by atoms with Crippen molar-refractivity contribution in [3.8, 4) is 0 Å². The number of nitrogens with zero attached hydrogens (tertiary/aromatic N) is 3. The van der Waals surface area contributed by atoms with Gasteiger partial charge in [-0.15, -0.1) is 0 Å². The summed E-state index contributed by atoms with van der Waals surface area (Å²) >= 11 is 9.25. The minimum Gasteiger partial charge on any atom is -0.462 e. The average molecular weight is 442 g/mol. The molecule has 0 amide bonds. The quantitative estimate of drug-likeness (QED) is 0.397. The molecule has 9 nitrogen and oxygen atoms in total. The van der Waals surface area contributed by atoms with Gasteiger partial charge in [-0.1, -0.05) is 11.6 Å². The lowest BCUT2D eigenvalue weighted by Gasteiger charge is -2.10. The summed E-state index contributed by atoms with van der Waals surface area (Å²) in [5, 5.41) is 4.52. The summed E-state index contributed by atoms with van der Waals surface area (Å²) in [5.74, 6) is -0.0799. The Bertz CT molecular complexity index is 1020. The van der Waals surface area contributed by atoms with Crippen LogP contribution in [0.4, 0.5) is 5.82 Å². The van der Waals surface area contributed by atoms with E-state index in [-0.39, 0.29) is 24.3 Å². The van der Waals surface area contributed by atoms with E-state index in [2.05, 4.69) is 41.8 Å². The first-order valence-corrected chi connectivity index (χ1v) is 8.73. The number of H-pyrrole nitrogens is 1. The van der Waals surface area contributed by atoms with E-state index in [4.69, 9.17) is 16.3 Å². The molecule has 0 spiro atoms. The largest absolute Gasteiger partial charge is 0.462 e. The normalized spacial score (nSPS) is 10.9. The second kappa shape index (κ2) is 7.85. The van der Waals surface area contributed by atoms with E-state index in [9.17, 15) is 9.59 Å². The van der Waals surface area contributed by atoms with Crippen molar-refractivity contribution in [2.45, 2.75) is 13.5 Å². The van der Waals surface area contributed by atoms with Gasteiger partial charge in [0, 0.05) is 24.5 Å². The number of hydrazine groups is 1. The molecule has 11 heteroatoms. The molecule has 0 aromatic carbocycles. The first-order chi connectivity index (χ1) is 12.5. The molecule has 0 saturated heterocycles. The molecule has 0 aliphatic heterocycles. The number of aromatic amines is 1. The van der Waals surface area contributed by atoms with Gasteiger partial charge in [0.25, 0.3) is 5.56 Å². The van der Waals surface area contributed by atoms with Crippen LogP contribution < -0.4 is 16.4 Å². The highest BCUT2D eigenvalue weighted by Crippen LogP contribution is 2.22. The van der Waals surface area contributed by atoms with Gasteiger partial charge in [-0.25, -0.2) is 19.7 Å². The third kappa shape index (κ3) is 3.87. The van der Waals surface area contributed by atoms with Crippen LogP contribution in [0.1, 0.15) is 22.8 Å². The molecular weight excluding hydrogens is 428 g/mol. The van der Waals surface area contributed by atoms with Crippen molar-refractivity contribution in [1.82, 2.24) is 25.0 Å². The van der Waals surface area contributed by atoms with E-state index in [0.29, 0.717) is 26.5 Å². The number of hydrogen-bond acceptors (Lipinski definition) is 7. The Morgan fingerprint density at radius 3 is 3.08 bits per heavy atom. The van der Waals surface area contributed by atoms with Crippen LogP contribution in [0.25, 0.3) is 5.65 Å². The molecule has 3 rings (SSSR count). The summed E-state index contributed by atoms with van der Waals surface area (Å²) in [6, 6.07) is 1.57. The van der Waals surface area contributed by atoms with Gasteiger partial charge in [0.05, 0.1) is 22.3 Å². The van der Waals surface area contributed by atoms with Crippen LogP contribution in [0.2, 0.25) is 5.02 Å². The monoisotopic (exact) mass is 440 g/mol. The molecule has 136 valence electrons. The van der Waals surface area contributed by atoms with Gasteiger partial charge in [0.15, 0.2) is 11.5 Å². The summed E-state index contributed by atoms with van der Waals surface area (Å²) in [6.07, 6.45) is 4.47. The Morgan fingerprint density at radius 1 is 1.50 bits per heavy atom. The molecule has 3 aromatic rings. The minimum atomic E-state index is -0.498. The number of ether oxygens (including phenoxy) is 1. The lowest BCUT2D eigenvalue weighted by Crippen LogP contribution is -2.26. The highest BCUT2D eigenvalue weighted by atomic mass is 79.9. The molecule has 3 N–H and O–H groups in total. The summed E-state index contributed by atoms with van der Waals surface area (Å²) in [4.78, 5) is 30.6. The number of halogens is 2. The van der Waals surface area contributed by atoms with E-state index >= 15 is 0 Å². The molecule has 26 heavy (non-hydrogen) atoms. The smallest absolute Gasteiger partial charge is 0.343 e. The summed E-state index contributed by atoms with van der Waals surface area (Å²) in [6.45, 7) is 2.19. The number of carbonyl (C=O) groups is 1. The fraction of sp³-hybridized carbons (Fsp3) is 0.200. The molecule has 0 radical (unpaired) electrons. The zero-order valence-electron chi connectivity index (χ0n) is 13.5. The number of fused-ring (bicyclic) bond motifs is 1. The lowest BCUT2D eigenvalue weighted by atomic mass is 10.3. The van der Waals surface area contributed by atoms with Gasteiger partial charge in [-0.2, -0.15) is 5.10 Å². The second-order valence-electron chi connectivity index (χ2n) is 5.14. The Kier molecular flexibility index (Phi) is 5.55. The van der Waals surface area contributed by atoms with Crippen LogP contribution >= 0.6 is 27.5 Å². The maximum Gasteiger partial charge on any atom is 0.343 e. The number of rotatable bonds is 6. The first kappa shape index (κ1) is 18.4. The standard InChI is InChI=1S/C15H14BrClN6O3/c1-2-26-15(25)10-6-20-23-7-11(16)12(21-13(10)23)22-19-4-8-3-9(17)5-18-14(8)24/h3,5-7,19H,2,4H2,1H3,(H,18,24)(H,21,22). The van der Waals surface area contributed by atoms with Crippen LogP contribution in [-0.2, 0) is 11.3 Å². The van der Waals surface area contributed by atoms with Gasteiger partial charge in [-0.05, 0) is 28.9 Å². The predicted molar refractivity (Wildman–Crippen MR) is 99.2 cm³/mol. The predicted octanol–water partition coefficient (Wildman–Crippen LogP) is 2.13. The number of esters is 1. The summed E-state index contributed by atoms with van der Waals surface area (Å²) in [7, 11) is 0. The van der Waals surface area contributed by atoms with Crippen molar-refractivity contribution in [2.75, 3.05) is 12.0 Å². The number of nitrogens with one attached hydrogen (secondary N) is 3. The van der Waals surface area contributed by atoms with Gasteiger partial charge in [0.2, 0.25) is 0 Å². The van der Waals surface area contributed by atoms with Gasteiger partial charge in [-0.3, -0.25) is 4.79 Å². The number of anilines is 1. The maximum atomic E-state index is 12.0. The molecule has 3 heterocycles. The first-order valence-electron chi connectivity index (χ1n) is 7.56. The van der Waals surface area contributed by atoms with Crippen molar-refractivity contribution < 1.29 is 9.53 Å². The summed E-state index contributed by atoms with van der Waals surface area (Å²) < 4.78 is 7.07. The molecule has 3 aromatic heterocycles. The third-order valence-electron chi connectivity index (χ3n) is 3.37. The van der Waals surface area contributed by atoms with Crippen LogP contribution in [0.15, 0.2) is 33.9 Å². The molecule has 0 atom stereocenters. The Morgan fingerprint density at radius 2 is 2.31 bits per heavy atom. The fourth-order valence-corrected chi connectivity index (χ4v) is 2.75. The molecular formula is C15H14BrClN6O3. The lowest BCUT2D eigenvalue weighted by molar-refractivity contribution is 0.0528. The number of hydrogen-bond donors (Lipinski definition) is 3. The second-order valence-corrected chi connectivity index (χ2v) is 6.43. The van der Waals surface area contributed by atoms with Crippen molar-refractivity contribution in [3.63, 3.8) is 0 Å². The zero-order chi connectivity index (χ0) is 18.7. The minimum absolute atomic E-state index is 0.208. The maximum absolute atomic E-state index is 12.0. The fourth-order valence-electron chi connectivity index (χ4n) is 2.19. The average Bonchev–Trinajstić information content (AvgIpc) is 3.01. The van der Waals surface area contributed by atoms with Gasteiger partial charge in [0.1, 0.15) is 5.56 Å². The number of carbonyl (C=O) groups excluding carboxylic acids is 1. The topological polar surface area (TPSA) is 113 Å². The molecule has 0 aliphatic rings. The highest BCUT2D eigenvalue weighted by Gasteiger charge is 2.17.